The van der Waals surface area contributed by atoms with E-state index in [9.17, 15) is 14.5 Å². The normalized spacial score (nSPS) is 23.1. The molecule has 1 saturated carbocycles. The molecule has 1 aromatic carbocycles. The third-order valence-corrected chi connectivity index (χ3v) is 4.66. The van der Waals surface area contributed by atoms with Crippen LogP contribution in [0.25, 0.3) is 0 Å². The Balaban J connectivity index is 2.06. The van der Waals surface area contributed by atoms with Gasteiger partial charge in [-0.3, -0.25) is 10.1 Å². The number of nitrogens with zero attached hydrogens (tertiary/aromatic N) is 1. The number of anilines is 1. The number of hydrogen-bond donors (Lipinski definition) is 1. The SMILES string of the molecule is CSC1CCC(Nc2cc(F)ccc2[N+](=O)[O-])CC1. The highest BCUT2D eigenvalue weighted by Gasteiger charge is 2.23. The molecule has 1 aliphatic rings. The summed E-state index contributed by atoms with van der Waals surface area (Å²) < 4.78 is 13.2. The van der Waals surface area contributed by atoms with E-state index in [-0.39, 0.29) is 17.4 Å². The number of thioether (sulfide) groups is 1. The summed E-state index contributed by atoms with van der Waals surface area (Å²) in [5.41, 5.74) is 0.228. The van der Waals surface area contributed by atoms with Crippen LogP contribution in [0.5, 0.6) is 0 Å². The molecule has 1 aliphatic carbocycles. The largest absolute Gasteiger partial charge is 0.377 e. The Bertz CT molecular complexity index is 462. The van der Waals surface area contributed by atoms with Crippen LogP contribution >= 0.6 is 11.8 Å². The molecule has 19 heavy (non-hydrogen) atoms. The van der Waals surface area contributed by atoms with Gasteiger partial charge in [-0.2, -0.15) is 11.8 Å². The first-order valence-electron chi connectivity index (χ1n) is 6.33. The molecule has 2 rings (SSSR count). The van der Waals surface area contributed by atoms with E-state index in [2.05, 4.69) is 11.6 Å². The van der Waals surface area contributed by atoms with Crippen LogP contribution in [-0.4, -0.2) is 22.5 Å². The van der Waals surface area contributed by atoms with Crippen LogP contribution in [-0.2, 0) is 0 Å². The van der Waals surface area contributed by atoms with Crippen LogP contribution in [0.3, 0.4) is 0 Å². The highest BCUT2D eigenvalue weighted by atomic mass is 32.2. The quantitative estimate of drug-likeness (QED) is 0.674. The van der Waals surface area contributed by atoms with E-state index >= 15 is 0 Å². The summed E-state index contributed by atoms with van der Waals surface area (Å²) in [4.78, 5) is 10.4. The molecule has 0 aromatic heterocycles. The Morgan fingerprint density at radius 3 is 2.63 bits per heavy atom. The van der Waals surface area contributed by atoms with E-state index in [1.165, 1.54) is 12.1 Å². The van der Waals surface area contributed by atoms with Crippen LogP contribution in [0.2, 0.25) is 0 Å². The van der Waals surface area contributed by atoms with Gasteiger partial charge in [0, 0.05) is 23.4 Å². The van der Waals surface area contributed by atoms with Crippen LogP contribution in [0.4, 0.5) is 15.8 Å². The van der Waals surface area contributed by atoms with Crippen molar-refractivity contribution in [1.29, 1.82) is 0 Å². The maximum atomic E-state index is 13.2. The maximum absolute atomic E-state index is 13.2. The number of nitrogens with one attached hydrogen (secondary N) is 1. The predicted molar refractivity (Wildman–Crippen MR) is 76.2 cm³/mol. The van der Waals surface area contributed by atoms with Crippen molar-refractivity contribution in [3.63, 3.8) is 0 Å². The van der Waals surface area contributed by atoms with Crippen LogP contribution in [0.15, 0.2) is 18.2 Å². The minimum absolute atomic E-state index is 0.0617. The van der Waals surface area contributed by atoms with E-state index in [0.29, 0.717) is 5.25 Å². The van der Waals surface area contributed by atoms with Gasteiger partial charge in [0.15, 0.2) is 0 Å². The van der Waals surface area contributed by atoms with Crippen LogP contribution in [0.1, 0.15) is 25.7 Å². The minimum Gasteiger partial charge on any atom is -0.377 e. The molecule has 0 spiro atoms. The number of rotatable bonds is 4. The first kappa shape index (κ1) is 14.1. The van der Waals surface area contributed by atoms with Gasteiger partial charge in [0.2, 0.25) is 0 Å². The topological polar surface area (TPSA) is 55.2 Å². The van der Waals surface area contributed by atoms with Crippen LogP contribution in [0, 0.1) is 15.9 Å². The van der Waals surface area contributed by atoms with E-state index in [1.54, 1.807) is 0 Å². The average Bonchev–Trinajstić information content (AvgIpc) is 2.39. The van der Waals surface area contributed by atoms with Crippen molar-refractivity contribution in [3.8, 4) is 0 Å². The average molecular weight is 284 g/mol. The van der Waals surface area contributed by atoms with Gasteiger partial charge < -0.3 is 5.32 Å². The monoisotopic (exact) mass is 284 g/mol. The molecule has 0 radical (unpaired) electrons. The van der Waals surface area contributed by atoms with Crippen molar-refractivity contribution in [2.45, 2.75) is 37.0 Å². The molecule has 0 aliphatic heterocycles. The molecule has 1 N–H and O–H groups in total. The predicted octanol–water partition coefficient (Wildman–Crippen LogP) is 3.82. The summed E-state index contributed by atoms with van der Waals surface area (Å²) in [5.74, 6) is -0.453. The first-order valence-corrected chi connectivity index (χ1v) is 7.62. The molecular formula is C13H17FN2O2S. The van der Waals surface area contributed by atoms with Crippen molar-refractivity contribution < 1.29 is 9.31 Å². The number of hydrogen-bond acceptors (Lipinski definition) is 4. The molecule has 6 heteroatoms. The molecule has 0 saturated heterocycles. The zero-order valence-corrected chi connectivity index (χ0v) is 11.6. The lowest BCUT2D eigenvalue weighted by Gasteiger charge is -2.28. The molecule has 1 aromatic rings. The van der Waals surface area contributed by atoms with Gasteiger partial charge >= 0.3 is 0 Å². The van der Waals surface area contributed by atoms with Gasteiger partial charge in [-0.15, -0.1) is 0 Å². The second-order valence-electron chi connectivity index (χ2n) is 4.77. The molecule has 104 valence electrons. The summed E-state index contributed by atoms with van der Waals surface area (Å²) in [6.07, 6.45) is 6.25. The smallest absolute Gasteiger partial charge is 0.292 e. The second kappa shape index (κ2) is 6.23. The minimum atomic E-state index is -0.477. The Labute approximate surface area is 115 Å². The highest BCUT2D eigenvalue weighted by molar-refractivity contribution is 7.99. The lowest BCUT2D eigenvalue weighted by Crippen LogP contribution is -2.27. The summed E-state index contributed by atoms with van der Waals surface area (Å²) >= 11 is 1.87. The molecule has 0 amide bonds. The fourth-order valence-corrected chi connectivity index (χ4v) is 3.19. The standard InChI is InChI=1S/C13H17FN2O2S/c1-19-11-5-3-10(4-6-11)15-12-8-9(14)2-7-13(12)16(17)18/h2,7-8,10-11,15H,3-6H2,1H3. The molecule has 0 bridgehead atoms. The molecule has 0 atom stereocenters. The van der Waals surface area contributed by atoms with Crippen molar-refractivity contribution in [3.05, 3.63) is 34.1 Å². The Morgan fingerprint density at radius 1 is 1.37 bits per heavy atom. The Hall–Kier alpha value is -1.30. The van der Waals surface area contributed by atoms with Gasteiger partial charge in [0.25, 0.3) is 5.69 Å². The molecule has 0 heterocycles. The summed E-state index contributed by atoms with van der Waals surface area (Å²) in [7, 11) is 0. The number of nitro benzene ring substituents is 1. The summed E-state index contributed by atoms with van der Waals surface area (Å²) in [6.45, 7) is 0. The van der Waals surface area contributed by atoms with Crippen molar-refractivity contribution in [2.24, 2.45) is 0 Å². The molecule has 0 unspecified atom stereocenters. The number of benzene rings is 1. The highest BCUT2D eigenvalue weighted by Crippen LogP contribution is 2.31. The fourth-order valence-electron chi connectivity index (χ4n) is 2.45. The second-order valence-corrected chi connectivity index (χ2v) is 5.91. The van der Waals surface area contributed by atoms with Gasteiger partial charge in [0.05, 0.1) is 4.92 Å². The van der Waals surface area contributed by atoms with Crippen molar-refractivity contribution >= 4 is 23.1 Å². The van der Waals surface area contributed by atoms with Gasteiger partial charge in [0.1, 0.15) is 11.5 Å². The van der Waals surface area contributed by atoms with Gasteiger partial charge in [-0.1, -0.05) is 0 Å². The Morgan fingerprint density at radius 2 is 2.05 bits per heavy atom. The van der Waals surface area contributed by atoms with Crippen molar-refractivity contribution in [2.75, 3.05) is 11.6 Å². The fraction of sp³-hybridized carbons (Fsp3) is 0.538. The lowest BCUT2D eigenvalue weighted by atomic mass is 9.94. The van der Waals surface area contributed by atoms with E-state index in [0.717, 1.165) is 31.7 Å². The number of nitro groups is 1. The lowest BCUT2D eigenvalue weighted by molar-refractivity contribution is -0.384. The van der Waals surface area contributed by atoms with Gasteiger partial charge in [-0.05, 0) is 38.0 Å². The molecule has 4 nitrogen and oxygen atoms in total. The summed E-state index contributed by atoms with van der Waals surface area (Å²) in [6, 6.07) is 3.74. The van der Waals surface area contributed by atoms with Crippen LogP contribution < -0.4 is 5.32 Å². The maximum Gasteiger partial charge on any atom is 0.292 e. The van der Waals surface area contributed by atoms with Gasteiger partial charge in [-0.25, -0.2) is 4.39 Å². The summed E-state index contributed by atoms with van der Waals surface area (Å²) in [5, 5.41) is 14.7. The number of halogens is 1. The third-order valence-electron chi connectivity index (χ3n) is 3.52. The third kappa shape index (κ3) is 3.59. The Kier molecular flexibility index (Phi) is 4.63. The van der Waals surface area contributed by atoms with Crippen molar-refractivity contribution in [1.82, 2.24) is 0 Å². The molecular weight excluding hydrogens is 267 g/mol. The van der Waals surface area contributed by atoms with E-state index < -0.39 is 10.7 Å². The first-order chi connectivity index (χ1) is 9.10. The zero-order valence-electron chi connectivity index (χ0n) is 10.8. The van der Waals surface area contributed by atoms with E-state index in [4.69, 9.17) is 0 Å². The zero-order chi connectivity index (χ0) is 13.8. The van der Waals surface area contributed by atoms with E-state index in [1.807, 2.05) is 11.8 Å². The molecule has 1 fully saturated rings.